The lowest BCUT2D eigenvalue weighted by atomic mass is 10.1. The summed E-state index contributed by atoms with van der Waals surface area (Å²) in [5, 5.41) is 5.54. The maximum atomic E-state index is 12.2. The van der Waals surface area contributed by atoms with Crippen molar-refractivity contribution in [1.82, 2.24) is 10.3 Å². The summed E-state index contributed by atoms with van der Waals surface area (Å²) in [5.74, 6) is -1.05. The van der Waals surface area contributed by atoms with Crippen molar-refractivity contribution >= 4 is 35.1 Å². The van der Waals surface area contributed by atoms with Crippen molar-refractivity contribution in [3.63, 3.8) is 0 Å². The monoisotopic (exact) mass is 341 g/mol. The van der Waals surface area contributed by atoms with Gasteiger partial charge in [-0.3, -0.25) is 14.4 Å². The zero-order valence-electron chi connectivity index (χ0n) is 12.6. The van der Waals surface area contributed by atoms with Crippen LogP contribution in [0.5, 0.6) is 0 Å². The largest absolute Gasteiger partial charge is 0.469 e. The van der Waals surface area contributed by atoms with Crippen molar-refractivity contribution < 1.29 is 24.0 Å². The molecule has 2 rings (SSSR count). The lowest BCUT2D eigenvalue weighted by Crippen LogP contribution is -3.20. The van der Waals surface area contributed by atoms with Gasteiger partial charge in [0.1, 0.15) is 6.42 Å². The second kappa shape index (κ2) is 7.89. The predicted molar refractivity (Wildman–Crippen MR) is 82.0 cm³/mol. The number of aromatic nitrogens is 1. The van der Waals surface area contributed by atoms with Crippen molar-refractivity contribution in [3.05, 3.63) is 23.5 Å². The third-order valence-corrected chi connectivity index (χ3v) is 3.88. The van der Waals surface area contributed by atoms with Crippen molar-refractivity contribution in [3.8, 4) is 0 Å². The van der Waals surface area contributed by atoms with E-state index in [9.17, 15) is 14.4 Å². The van der Waals surface area contributed by atoms with Gasteiger partial charge in [-0.15, -0.1) is 0 Å². The number of carbonyl (C=O) groups excluding carboxylic acids is 3. The van der Waals surface area contributed by atoms with E-state index >= 15 is 0 Å². The summed E-state index contributed by atoms with van der Waals surface area (Å²) in [4.78, 5) is 40.2. The maximum Gasteiger partial charge on any atom is 0.312 e. The van der Waals surface area contributed by atoms with Crippen LogP contribution in [0.1, 0.15) is 6.42 Å². The lowest BCUT2D eigenvalue weighted by Gasteiger charge is -2.30. The van der Waals surface area contributed by atoms with Crippen LogP contribution >= 0.6 is 11.6 Å². The van der Waals surface area contributed by atoms with Crippen LogP contribution in [0.2, 0.25) is 5.15 Å². The minimum Gasteiger partial charge on any atom is -0.469 e. The standard InChI is InChI=1S/C14H17ClN4O4/c1-23-12(21)7-10-14(22)17-5-6-19(10)8-11(20)18-9-3-2-4-16-13(9)15/h2-4,10H,5-8H2,1H3,(H,17,22)(H,18,20)/p+1/t10-/m1/s1. The number of anilines is 1. The van der Waals surface area contributed by atoms with E-state index in [1.54, 1.807) is 12.1 Å². The van der Waals surface area contributed by atoms with Gasteiger partial charge in [-0.05, 0) is 12.1 Å². The SMILES string of the molecule is COC(=O)C[C@@H]1C(=O)NCC[NH+]1CC(=O)Nc1cccnc1Cl. The van der Waals surface area contributed by atoms with Crippen LogP contribution in [-0.4, -0.2) is 55.6 Å². The normalized spacial score (nSPS) is 20.5. The molecule has 0 aliphatic carbocycles. The smallest absolute Gasteiger partial charge is 0.312 e. The number of piperazine rings is 1. The molecule has 1 aliphatic rings. The highest BCUT2D eigenvalue weighted by molar-refractivity contribution is 6.32. The second-order valence-corrected chi connectivity index (χ2v) is 5.46. The van der Waals surface area contributed by atoms with E-state index in [0.29, 0.717) is 23.7 Å². The molecular formula is C14H18ClN4O4+. The minimum atomic E-state index is -0.647. The first-order chi connectivity index (χ1) is 11.0. The predicted octanol–water partition coefficient (Wildman–Crippen LogP) is -1.38. The van der Waals surface area contributed by atoms with Gasteiger partial charge in [0.15, 0.2) is 17.7 Å². The van der Waals surface area contributed by atoms with Gasteiger partial charge in [-0.2, -0.15) is 0 Å². The minimum absolute atomic E-state index is 0.0420. The van der Waals surface area contributed by atoms with E-state index in [4.69, 9.17) is 11.6 Å². The molecule has 1 fully saturated rings. The van der Waals surface area contributed by atoms with Crippen molar-refractivity contribution in [2.45, 2.75) is 12.5 Å². The first-order valence-electron chi connectivity index (χ1n) is 7.10. The Balaban J connectivity index is 2.01. The molecule has 3 N–H and O–H groups in total. The Morgan fingerprint density at radius 2 is 2.35 bits per heavy atom. The summed E-state index contributed by atoms with van der Waals surface area (Å²) >= 11 is 5.89. The second-order valence-electron chi connectivity index (χ2n) is 5.10. The quantitative estimate of drug-likeness (QED) is 0.452. The Kier molecular flexibility index (Phi) is 5.89. The van der Waals surface area contributed by atoms with Gasteiger partial charge >= 0.3 is 5.97 Å². The Morgan fingerprint density at radius 3 is 3.04 bits per heavy atom. The van der Waals surface area contributed by atoms with Crippen LogP contribution in [0.15, 0.2) is 18.3 Å². The molecule has 0 aromatic carbocycles. The molecule has 9 heteroatoms. The summed E-state index contributed by atoms with van der Waals surface area (Å²) in [6, 6.07) is 2.64. The van der Waals surface area contributed by atoms with Gasteiger partial charge in [0.2, 0.25) is 0 Å². The molecule has 8 nitrogen and oxygen atoms in total. The first kappa shape index (κ1) is 17.2. The molecule has 1 aliphatic heterocycles. The highest BCUT2D eigenvalue weighted by Gasteiger charge is 2.36. The molecular weight excluding hydrogens is 324 g/mol. The molecule has 0 radical (unpaired) electrons. The number of hydrogen-bond acceptors (Lipinski definition) is 5. The number of quaternary nitrogens is 1. The third kappa shape index (κ3) is 4.64. The Labute approximate surface area is 138 Å². The molecule has 124 valence electrons. The number of hydrogen-bond donors (Lipinski definition) is 3. The van der Waals surface area contributed by atoms with Gasteiger partial charge in [-0.1, -0.05) is 11.6 Å². The van der Waals surface area contributed by atoms with Gasteiger partial charge < -0.3 is 20.3 Å². The summed E-state index contributed by atoms with van der Waals surface area (Å²) in [5.41, 5.74) is 0.407. The molecule has 1 aromatic heterocycles. The molecule has 0 spiro atoms. The van der Waals surface area contributed by atoms with E-state index < -0.39 is 12.0 Å². The van der Waals surface area contributed by atoms with E-state index in [-0.39, 0.29) is 29.9 Å². The number of amides is 2. The first-order valence-corrected chi connectivity index (χ1v) is 7.48. The third-order valence-electron chi connectivity index (χ3n) is 3.57. The van der Waals surface area contributed by atoms with Gasteiger partial charge in [0.25, 0.3) is 11.8 Å². The van der Waals surface area contributed by atoms with Crippen LogP contribution < -0.4 is 15.5 Å². The molecule has 1 unspecified atom stereocenters. The molecule has 1 saturated heterocycles. The number of rotatable bonds is 5. The molecule has 1 aromatic rings. The van der Waals surface area contributed by atoms with Crippen LogP contribution in [0, 0.1) is 0 Å². The lowest BCUT2D eigenvalue weighted by molar-refractivity contribution is -0.909. The number of methoxy groups -OCH3 is 1. The topological polar surface area (TPSA) is 102 Å². The fourth-order valence-electron chi connectivity index (χ4n) is 2.41. The number of halogens is 1. The number of carbonyl (C=O) groups is 3. The molecule has 0 saturated carbocycles. The highest BCUT2D eigenvalue weighted by atomic mass is 35.5. The van der Waals surface area contributed by atoms with Crippen molar-refractivity contribution in [2.24, 2.45) is 0 Å². The average Bonchev–Trinajstić information content (AvgIpc) is 2.52. The Bertz CT molecular complexity index is 610. The van der Waals surface area contributed by atoms with Gasteiger partial charge in [0, 0.05) is 6.20 Å². The Hall–Kier alpha value is -2.19. The number of ether oxygens (including phenoxy) is 1. The molecule has 23 heavy (non-hydrogen) atoms. The van der Waals surface area contributed by atoms with Crippen LogP contribution in [0.25, 0.3) is 0 Å². The summed E-state index contributed by atoms with van der Waals surface area (Å²) in [6.45, 7) is 1.04. The van der Waals surface area contributed by atoms with E-state index in [1.165, 1.54) is 13.3 Å². The zero-order valence-corrected chi connectivity index (χ0v) is 13.4. The summed E-state index contributed by atoms with van der Waals surface area (Å²) in [6.07, 6.45) is 1.45. The number of nitrogens with one attached hydrogen (secondary N) is 3. The van der Waals surface area contributed by atoms with Crippen molar-refractivity contribution in [2.75, 3.05) is 32.1 Å². The zero-order chi connectivity index (χ0) is 16.8. The van der Waals surface area contributed by atoms with Crippen LogP contribution in [-0.2, 0) is 19.1 Å². The molecule has 2 amide bonds. The fourth-order valence-corrected chi connectivity index (χ4v) is 2.57. The van der Waals surface area contributed by atoms with Crippen LogP contribution in [0.4, 0.5) is 5.69 Å². The number of pyridine rings is 1. The van der Waals surface area contributed by atoms with E-state index in [0.717, 1.165) is 0 Å². The maximum absolute atomic E-state index is 12.2. The summed E-state index contributed by atoms with van der Waals surface area (Å²) in [7, 11) is 1.26. The highest BCUT2D eigenvalue weighted by Crippen LogP contribution is 2.16. The summed E-state index contributed by atoms with van der Waals surface area (Å²) < 4.78 is 4.61. The Morgan fingerprint density at radius 1 is 1.57 bits per heavy atom. The van der Waals surface area contributed by atoms with Crippen molar-refractivity contribution in [1.29, 1.82) is 0 Å². The van der Waals surface area contributed by atoms with Gasteiger partial charge in [-0.25, -0.2) is 4.98 Å². The average molecular weight is 342 g/mol. The number of nitrogens with zero attached hydrogens (tertiary/aromatic N) is 1. The van der Waals surface area contributed by atoms with E-state index in [2.05, 4.69) is 20.4 Å². The fraction of sp³-hybridized carbons (Fsp3) is 0.429. The van der Waals surface area contributed by atoms with Gasteiger partial charge in [0.05, 0.1) is 25.9 Å². The molecule has 2 atom stereocenters. The van der Waals surface area contributed by atoms with E-state index in [1.807, 2.05) is 0 Å². The number of esters is 1. The molecule has 2 heterocycles. The van der Waals surface area contributed by atoms with Crippen LogP contribution in [0.3, 0.4) is 0 Å². The molecule has 0 bridgehead atoms.